The number of anilines is 1. The number of fused-ring (bicyclic) bond motifs is 1. The van der Waals surface area contributed by atoms with Gasteiger partial charge in [0, 0.05) is 11.9 Å². The molecule has 1 fully saturated rings. The van der Waals surface area contributed by atoms with E-state index >= 15 is 0 Å². The lowest BCUT2D eigenvalue weighted by Gasteiger charge is -2.36. The van der Waals surface area contributed by atoms with Crippen LogP contribution in [0.25, 0.3) is 4.96 Å². The first kappa shape index (κ1) is 15.1. The molecule has 3 heterocycles. The summed E-state index contributed by atoms with van der Waals surface area (Å²) in [7, 11) is 0. The van der Waals surface area contributed by atoms with Gasteiger partial charge in [-0.3, -0.25) is 0 Å². The standard InChI is InChI=1S/C16H16N4O3S/c1-11-9-18(10-13(23-11)12-5-3-2-4-6-12)14-15(20(21)22)19-7-8-24-16(19)17-14/h2-8,11,13H,9-10H2,1H3. The van der Waals surface area contributed by atoms with Crippen molar-refractivity contribution in [3.63, 3.8) is 0 Å². The molecule has 1 aliphatic rings. The molecule has 7 nitrogen and oxygen atoms in total. The van der Waals surface area contributed by atoms with Gasteiger partial charge in [-0.1, -0.05) is 41.7 Å². The first-order valence-electron chi connectivity index (χ1n) is 7.69. The zero-order valence-corrected chi connectivity index (χ0v) is 13.8. The molecule has 0 bridgehead atoms. The highest BCUT2D eigenvalue weighted by Gasteiger charge is 2.34. The van der Waals surface area contributed by atoms with Crippen LogP contribution in [0.4, 0.5) is 11.6 Å². The zero-order chi connectivity index (χ0) is 16.7. The van der Waals surface area contributed by atoms with Crippen molar-refractivity contribution < 1.29 is 9.66 Å². The summed E-state index contributed by atoms with van der Waals surface area (Å²) in [5.41, 5.74) is 1.07. The van der Waals surface area contributed by atoms with Crippen molar-refractivity contribution in [2.45, 2.75) is 19.1 Å². The number of aromatic nitrogens is 2. The second kappa shape index (κ2) is 5.88. The molecule has 0 saturated carbocycles. The van der Waals surface area contributed by atoms with Crippen LogP contribution in [-0.4, -0.2) is 33.5 Å². The molecule has 4 rings (SSSR count). The van der Waals surface area contributed by atoms with Gasteiger partial charge in [0.1, 0.15) is 12.3 Å². The Morgan fingerprint density at radius 2 is 2.12 bits per heavy atom. The summed E-state index contributed by atoms with van der Waals surface area (Å²) >= 11 is 1.39. The molecule has 2 aromatic heterocycles. The summed E-state index contributed by atoms with van der Waals surface area (Å²) in [5, 5.41) is 13.4. The number of benzene rings is 1. The number of nitrogens with zero attached hydrogens (tertiary/aromatic N) is 4. The Morgan fingerprint density at radius 3 is 2.88 bits per heavy atom. The van der Waals surface area contributed by atoms with Crippen LogP contribution >= 0.6 is 11.3 Å². The minimum Gasteiger partial charge on any atom is -0.367 e. The maximum absolute atomic E-state index is 11.6. The number of thiazole rings is 1. The highest BCUT2D eigenvalue weighted by atomic mass is 32.1. The molecular formula is C16H16N4O3S. The van der Waals surface area contributed by atoms with Gasteiger partial charge in [0.2, 0.25) is 5.82 Å². The second-order valence-corrected chi connectivity index (χ2v) is 6.70. The Balaban J connectivity index is 1.72. The van der Waals surface area contributed by atoms with Crippen LogP contribution in [0.1, 0.15) is 18.6 Å². The van der Waals surface area contributed by atoms with Gasteiger partial charge < -0.3 is 19.8 Å². The Labute approximate surface area is 142 Å². The molecule has 2 unspecified atom stereocenters. The first-order chi connectivity index (χ1) is 11.6. The summed E-state index contributed by atoms with van der Waals surface area (Å²) in [6.07, 6.45) is 1.52. The van der Waals surface area contributed by atoms with Crippen LogP contribution in [0.3, 0.4) is 0 Å². The second-order valence-electron chi connectivity index (χ2n) is 5.82. The van der Waals surface area contributed by atoms with Crippen LogP contribution in [-0.2, 0) is 4.74 Å². The van der Waals surface area contributed by atoms with Gasteiger partial charge in [-0.15, -0.1) is 0 Å². The lowest BCUT2D eigenvalue weighted by Crippen LogP contribution is -2.43. The van der Waals surface area contributed by atoms with E-state index in [1.807, 2.05) is 42.2 Å². The van der Waals surface area contributed by atoms with Crippen molar-refractivity contribution in [3.05, 3.63) is 57.6 Å². The van der Waals surface area contributed by atoms with Crippen molar-refractivity contribution in [1.29, 1.82) is 0 Å². The van der Waals surface area contributed by atoms with Gasteiger partial charge in [0.15, 0.2) is 0 Å². The number of hydrogen-bond donors (Lipinski definition) is 0. The van der Waals surface area contributed by atoms with Crippen molar-refractivity contribution in [2.75, 3.05) is 18.0 Å². The number of nitro groups is 1. The van der Waals surface area contributed by atoms with Gasteiger partial charge >= 0.3 is 5.82 Å². The Kier molecular flexibility index (Phi) is 3.70. The number of rotatable bonds is 3. The molecule has 24 heavy (non-hydrogen) atoms. The molecule has 8 heteroatoms. The first-order valence-corrected chi connectivity index (χ1v) is 8.56. The minimum absolute atomic E-state index is 0.0205. The van der Waals surface area contributed by atoms with Gasteiger partial charge in [-0.25, -0.2) is 0 Å². The van der Waals surface area contributed by atoms with E-state index in [-0.39, 0.29) is 22.9 Å². The van der Waals surface area contributed by atoms with Crippen LogP contribution < -0.4 is 4.90 Å². The van der Waals surface area contributed by atoms with E-state index < -0.39 is 0 Å². The molecule has 1 saturated heterocycles. The number of morpholine rings is 1. The SMILES string of the molecule is CC1CN(c2nc3sccn3c2[N+](=O)[O-])CC(c2ccccc2)O1. The summed E-state index contributed by atoms with van der Waals surface area (Å²) < 4.78 is 7.58. The normalized spacial score (nSPS) is 21.3. The number of ether oxygens (including phenoxy) is 1. The average molecular weight is 344 g/mol. The number of hydrogen-bond acceptors (Lipinski definition) is 6. The van der Waals surface area contributed by atoms with Crippen molar-refractivity contribution in [3.8, 4) is 0 Å². The molecule has 0 aliphatic carbocycles. The molecule has 1 aliphatic heterocycles. The molecule has 1 aromatic carbocycles. The van der Waals surface area contributed by atoms with Crippen LogP contribution in [0.2, 0.25) is 0 Å². The van der Waals surface area contributed by atoms with Crippen molar-refractivity contribution in [1.82, 2.24) is 9.38 Å². The fraction of sp³-hybridized carbons (Fsp3) is 0.312. The molecule has 3 aromatic rings. The van der Waals surface area contributed by atoms with Gasteiger partial charge in [0.25, 0.3) is 4.96 Å². The molecular weight excluding hydrogens is 328 g/mol. The predicted molar refractivity (Wildman–Crippen MR) is 91.7 cm³/mol. The lowest BCUT2D eigenvalue weighted by atomic mass is 10.1. The molecule has 0 radical (unpaired) electrons. The van der Waals surface area contributed by atoms with E-state index in [0.29, 0.717) is 23.9 Å². The van der Waals surface area contributed by atoms with Crippen molar-refractivity contribution >= 4 is 27.9 Å². The lowest BCUT2D eigenvalue weighted by molar-refractivity contribution is -0.389. The molecule has 0 N–H and O–H groups in total. The van der Waals surface area contributed by atoms with Crippen LogP contribution in [0.15, 0.2) is 41.9 Å². The summed E-state index contributed by atoms with van der Waals surface area (Å²) in [6, 6.07) is 9.93. The summed E-state index contributed by atoms with van der Waals surface area (Å²) in [5.74, 6) is 0.440. The van der Waals surface area contributed by atoms with Gasteiger partial charge in [-0.2, -0.15) is 9.38 Å². The quantitative estimate of drug-likeness (QED) is 0.538. The van der Waals surface area contributed by atoms with Crippen LogP contribution in [0, 0.1) is 10.1 Å². The molecule has 0 spiro atoms. The van der Waals surface area contributed by atoms with E-state index in [0.717, 1.165) is 5.56 Å². The summed E-state index contributed by atoms with van der Waals surface area (Å²) in [4.78, 5) is 18.3. The smallest absolute Gasteiger partial charge is 0.367 e. The van der Waals surface area contributed by atoms with E-state index in [4.69, 9.17) is 4.74 Å². The fourth-order valence-corrected chi connectivity index (χ4v) is 3.82. The third-order valence-electron chi connectivity index (χ3n) is 4.12. The number of imidazole rings is 1. The Morgan fingerprint density at radius 1 is 1.33 bits per heavy atom. The Bertz CT molecular complexity index is 876. The maximum Gasteiger partial charge on any atom is 0.373 e. The minimum atomic E-state index is -0.361. The third-order valence-corrected chi connectivity index (χ3v) is 4.88. The van der Waals surface area contributed by atoms with Gasteiger partial charge in [0.05, 0.1) is 12.6 Å². The largest absolute Gasteiger partial charge is 0.373 e. The van der Waals surface area contributed by atoms with Gasteiger partial charge in [-0.05, 0) is 17.4 Å². The van der Waals surface area contributed by atoms with Crippen LogP contribution in [0.5, 0.6) is 0 Å². The average Bonchev–Trinajstić information content (AvgIpc) is 3.15. The van der Waals surface area contributed by atoms with Crippen molar-refractivity contribution in [2.24, 2.45) is 0 Å². The highest BCUT2D eigenvalue weighted by molar-refractivity contribution is 7.15. The van der Waals surface area contributed by atoms with E-state index in [9.17, 15) is 10.1 Å². The van der Waals surface area contributed by atoms with E-state index in [1.54, 1.807) is 11.6 Å². The third kappa shape index (κ3) is 2.53. The predicted octanol–water partition coefficient (Wildman–Crippen LogP) is 3.27. The maximum atomic E-state index is 11.6. The topological polar surface area (TPSA) is 72.9 Å². The van der Waals surface area contributed by atoms with E-state index in [2.05, 4.69) is 4.98 Å². The summed E-state index contributed by atoms with van der Waals surface area (Å²) in [6.45, 7) is 3.10. The monoisotopic (exact) mass is 344 g/mol. The molecule has 124 valence electrons. The molecule has 0 amide bonds. The molecule has 2 atom stereocenters. The van der Waals surface area contributed by atoms with E-state index in [1.165, 1.54) is 15.7 Å². The fourth-order valence-electron chi connectivity index (χ4n) is 3.12. The zero-order valence-electron chi connectivity index (χ0n) is 13.0. The highest BCUT2D eigenvalue weighted by Crippen LogP contribution is 2.35. The Hall–Kier alpha value is -2.45.